The third-order valence-electron chi connectivity index (χ3n) is 5.54. The van der Waals surface area contributed by atoms with E-state index >= 15 is 0 Å². The van der Waals surface area contributed by atoms with Gasteiger partial charge in [-0.25, -0.2) is 9.67 Å². The van der Waals surface area contributed by atoms with Crippen molar-refractivity contribution in [3.63, 3.8) is 0 Å². The highest BCUT2D eigenvalue weighted by atomic mass is 35.5. The molecule has 2 aliphatic rings. The summed E-state index contributed by atoms with van der Waals surface area (Å²) in [5.41, 5.74) is 1.99. The lowest BCUT2D eigenvalue weighted by molar-refractivity contribution is 0.578. The van der Waals surface area contributed by atoms with Crippen LogP contribution in [0.25, 0.3) is 16.9 Å². The minimum atomic E-state index is 0.594. The minimum absolute atomic E-state index is 0.594. The van der Waals surface area contributed by atoms with E-state index < -0.39 is 0 Å². The molecule has 2 saturated heterocycles. The van der Waals surface area contributed by atoms with E-state index in [0.29, 0.717) is 5.95 Å². The van der Waals surface area contributed by atoms with Gasteiger partial charge in [0.25, 0.3) is 5.95 Å². The molecule has 2 fully saturated rings. The first-order chi connectivity index (χ1) is 13.3. The molecule has 1 aromatic carbocycles. The Balaban J connectivity index is 1.68. The van der Waals surface area contributed by atoms with Gasteiger partial charge in [0.2, 0.25) is 0 Å². The molecular weight excluding hydrogens is 360 g/mol. The Morgan fingerprint density at radius 2 is 1.59 bits per heavy atom. The van der Waals surface area contributed by atoms with Gasteiger partial charge in [0, 0.05) is 44.0 Å². The zero-order valence-electron chi connectivity index (χ0n) is 15.3. The zero-order valence-corrected chi connectivity index (χ0v) is 16.1. The third-order valence-corrected chi connectivity index (χ3v) is 5.85. The van der Waals surface area contributed by atoms with Gasteiger partial charge in [-0.2, -0.15) is 10.1 Å². The summed E-state index contributed by atoms with van der Waals surface area (Å²) in [5, 5.41) is 6.15. The number of halogens is 1. The predicted octanol–water partition coefficient (Wildman–Crippen LogP) is 4.06. The number of aromatic nitrogens is 4. The molecular formula is C20H23ClN6. The van der Waals surface area contributed by atoms with Gasteiger partial charge < -0.3 is 9.80 Å². The molecule has 0 spiro atoms. The standard InChI is InChI=1S/C20H23ClN6/c21-16-14-17-15(13-18(16)25-8-2-1-3-9-25)19(26-10-4-5-11-26)24-20(23-17)27-12-6-7-22-27/h6-7,12-14H,1-5,8-11H2. The van der Waals surface area contributed by atoms with Crippen LogP contribution in [0.3, 0.4) is 0 Å². The Hall–Kier alpha value is -2.34. The average molecular weight is 383 g/mol. The maximum absolute atomic E-state index is 6.69. The first-order valence-corrected chi connectivity index (χ1v) is 10.2. The summed E-state index contributed by atoms with van der Waals surface area (Å²) in [6, 6.07) is 6.08. The van der Waals surface area contributed by atoms with Crippen LogP contribution >= 0.6 is 11.6 Å². The van der Waals surface area contributed by atoms with E-state index in [0.717, 1.165) is 53.6 Å². The third kappa shape index (κ3) is 3.12. The summed E-state index contributed by atoms with van der Waals surface area (Å²) < 4.78 is 1.71. The summed E-state index contributed by atoms with van der Waals surface area (Å²) in [6.07, 6.45) is 9.78. The van der Waals surface area contributed by atoms with Crippen molar-refractivity contribution in [1.29, 1.82) is 0 Å². The van der Waals surface area contributed by atoms with Crippen LogP contribution in [0.4, 0.5) is 11.5 Å². The molecule has 3 aromatic rings. The van der Waals surface area contributed by atoms with Crippen molar-refractivity contribution < 1.29 is 0 Å². The molecule has 5 rings (SSSR count). The van der Waals surface area contributed by atoms with Gasteiger partial charge in [-0.1, -0.05) is 11.6 Å². The average Bonchev–Trinajstić information content (AvgIpc) is 3.41. The van der Waals surface area contributed by atoms with Crippen LogP contribution in [0.1, 0.15) is 32.1 Å². The van der Waals surface area contributed by atoms with Gasteiger partial charge in [0.15, 0.2) is 0 Å². The summed E-state index contributed by atoms with van der Waals surface area (Å²) in [6.45, 7) is 4.20. The van der Waals surface area contributed by atoms with Crippen molar-refractivity contribution in [1.82, 2.24) is 19.7 Å². The lowest BCUT2D eigenvalue weighted by Crippen LogP contribution is -2.29. The molecule has 6 nitrogen and oxygen atoms in total. The molecule has 0 amide bonds. The number of nitrogens with zero attached hydrogens (tertiary/aromatic N) is 6. The molecule has 27 heavy (non-hydrogen) atoms. The van der Waals surface area contributed by atoms with Crippen LogP contribution in [0.15, 0.2) is 30.6 Å². The van der Waals surface area contributed by atoms with Gasteiger partial charge >= 0.3 is 0 Å². The molecule has 0 aliphatic carbocycles. The maximum Gasteiger partial charge on any atom is 0.253 e. The second-order valence-corrected chi connectivity index (χ2v) is 7.77. The molecule has 2 aromatic heterocycles. The molecule has 0 atom stereocenters. The fraction of sp³-hybridized carbons (Fsp3) is 0.450. The number of rotatable bonds is 3. The number of piperidine rings is 1. The molecule has 4 heterocycles. The maximum atomic E-state index is 6.69. The predicted molar refractivity (Wildman–Crippen MR) is 109 cm³/mol. The van der Waals surface area contributed by atoms with E-state index in [1.54, 1.807) is 10.9 Å². The van der Waals surface area contributed by atoms with Crippen molar-refractivity contribution in [2.45, 2.75) is 32.1 Å². The van der Waals surface area contributed by atoms with E-state index in [1.807, 2.05) is 18.3 Å². The Labute approximate surface area is 163 Å². The quantitative estimate of drug-likeness (QED) is 0.683. The number of hydrogen-bond donors (Lipinski definition) is 0. The van der Waals surface area contributed by atoms with Crippen molar-refractivity contribution in [2.75, 3.05) is 36.0 Å². The Bertz CT molecular complexity index is 943. The lowest BCUT2D eigenvalue weighted by Gasteiger charge is -2.30. The van der Waals surface area contributed by atoms with Crippen molar-refractivity contribution in [3.8, 4) is 5.95 Å². The fourth-order valence-electron chi connectivity index (χ4n) is 4.15. The summed E-state index contributed by atoms with van der Waals surface area (Å²) in [5.74, 6) is 1.59. The van der Waals surface area contributed by atoms with E-state index in [2.05, 4.69) is 21.0 Å². The Kier molecular flexibility index (Phi) is 4.36. The molecule has 7 heteroatoms. The van der Waals surface area contributed by atoms with Crippen molar-refractivity contribution in [3.05, 3.63) is 35.6 Å². The van der Waals surface area contributed by atoms with Crippen LogP contribution in [-0.2, 0) is 0 Å². The smallest absolute Gasteiger partial charge is 0.253 e. The van der Waals surface area contributed by atoms with Crippen molar-refractivity contribution in [2.24, 2.45) is 0 Å². The Morgan fingerprint density at radius 1 is 0.852 bits per heavy atom. The second-order valence-electron chi connectivity index (χ2n) is 7.36. The topological polar surface area (TPSA) is 50.1 Å². The minimum Gasteiger partial charge on any atom is -0.370 e. The first-order valence-electron chi connectivity index (χ1n) is 9.81. The fourth-order valence-corrected chi connectivity index (χ4v) is 4.42. The summed E-state index contributed by atoms with van der Waals surface area (Å²) in [4.78, 5) is 14.4. The highest BCUT2D eigenvalue weighted by Gasteiger charge is 2.22. The molecule has 0 unspecified atom stereocenters. The number of fused-ring (bicyclic) bond motifs is 1. The normalized spacial score (nSPS) is 17.8. The SMILES string of the molecule is Clc1cc2nc(-n3cccn3)nc(N3CCCC3)c2cc1N1CCCCC1. The molecule has 0 bridgehead atoms. The first kappa shape index (κ1) is 16.8. The molecule has 0 saturated carbocycles. The lowest BCUT2D eigenvalue weighted by atomic mass is 10.1. The van der Waals surface area contributed by atoms with Crippen molar-refractivity contribution >= 4 is 34.0 Å². The van der Waals surface area contributed by atoms with Gasteiger partial charge in [-0.15, -0.1) is 0 Å². The molecule has 2 aliphatic heterocycles. The van der Waals surface area contributed by atoms with Crippen LogP contribution < -0.4 is 9.80 Å². The Morgan fingerprint density at radius 3 is 2.33 bits per heavy atom. The van der Waals surface area contributed by atoms with E-state index in [9.17, 15) is 0 Å². The van der Waals surface area contributed by atoms with E-state index in [-0.39, 0.29) is 0 Å². The molecule has 0 radical (unpaired) electrons. The van der Waals surface area contributed by atoms with Gasteiger partial charge in [-0.05, 0) is 50.3 Å². The highest BCUT2D eigenvalue weighted by molar-refractivity contribution is 6.34. The largest absolute Gasteiger partial charge is 0.370 e. The number of anilines is 2. The molecule has 140 valence electrons. The summed E-state index contributed by atoms with van der Waals surface area (Å²) >= 11 is 6.69. The number of benzene rings is 1. The van der Waals surface area contributed by atoms with Gasteiger partial charge in [-0.3, -0.25) is 0 Å². The molecule has 0 N–H and O–H groups in total. The zero-order chi connectivity index (χ0) is 18.2. The van der Waals surface area contributed by atoms with Crippen LogP contribution in [0.2, 0.25) is 5.02 Å². The van der Waals surface area contributed by atoms with Crippen LogP contribution in [0.5, 0.6) is 0 Å². The van der Waals surface area contributed by atoms with Gasteiger partial charge in [0.1, 0.15) is 5.82 Å². The number of hydrogen-bond acceptors (Lipinski definition) is 5. The van der Waals surface area contributed by atoms with Crippen LogP contribution in [0, 0.1) is 0 Å². The second kappa shape index (κ2) is 7.00. The van der Waals surface area contributed by atoms with E-state index in [1.165, 1.54) is 32.1 Å². The van der Waals surface area contributed by atoms with E-state index in [4.69, 9.17) is 21.6 Å². The van der Waals surface area contributed by atoms with Gasteiger partial charge in [0.05, 0.1) is 16.2 Å². The summed E-state index contributed by atoms with van der Waals surface area (Å²) in [7, 11) is 0. The highest BCUT2D eigenvalue weighted by Crippen LogP contribution is 2.36. The van der Waals surface area contributed by atoms with Crippen LogP contribution in [-0.4, -0.2) is 45.9 Å². The monoisotopic (exact) mass is 382 g/mol.